The van der Waals surface area contributed by atoms with Crippen LogP contribution in [-0.4, -0.2) is 43.1 Å². The fourth-order valence-corrected chi connectivity index (χ4v) is 2.43. The van der Waals surface area contributed by atoms with Crippen LogP contribution in [0.1, 0.15) is 13.3 Å². The SMILES string of the molecule is CSCC(C)N(C)CCCOc1ccccc1N. The lowest BCUT2D eigenvalue weighted by atomic mass is 10.3. The van der Waals surface area contributed by atoms with Crippen LogP contribution in [0.25, 0.3) is 0 Å². The minimum Gasteiger partial charge on any atom is -0.491 e. The van der Waals surface area contributed by atoms with Crippen molar-refractivity contribution >= 4 is 17.4 Å². The number of anilines is 1. The quantitative estimate of drug-likeness (QED) is 0.581. The molecule has 1 rings (SSSR count). The molecule has 1 aromatic rings. The molecule has 4 heteroatoms. The van der Waals surface area contributed by atoms with Gasteiger partial charge in [0.15, 0.2) is 0 Å². The van der Waals surface area contributed by atoms with E-state index in [1.54, 1.807) is 0 Å². The standard InChI is InChI=1S/C14H24N2OS/c1-12(11-18-3)16(2)9-6-10-17-14-8-5-4-7-13(14)15/h4-5,7-8,12H,6,9-11,15H2,1-3H3. The summed E-state index contributed by atoms with van der Waals surface area (Å²) < 4.78 is 5.67. The van der Waals surface area contributed by atoms with Crippen molar-refractivity contribution in [1.82, 2.24) is 4.90 Å². The topological polar surface area (TPSA) is 38.5 Å². The molecular weight excluding hydrogens is 244 g/mol. The van der Waals surface area contributed by atoms with Crippen LogP contribution in [0.2, 0.25) is 0 Å². The maximum Gasteiger partial charge on any atom is 0.142 e. The number of rotatable bonds is 8. The van der Waals surface area contributed by atoms with E-state index in [4.69, 9.17) is 10.5 Å². The Morgan fingerprint density at radius 1 is 1.39 bits per heavy atom. The molecule has 0 aliphatic carbocycles. The second kappa shape index (κ2) is 8.27. The zero-order valence-corrected chi connectivity index (χ0v) is 12.4. The van der Waals surface area contributed by atoms with Gasteiger partial charge in [0.05, 0.1) is 12.3 Å². The summed E-state index contributed by atoms with van der Waals surface area (Å²) in [5.74, 6) is 1.96. The van der Waals surface area contributed by atoms with E-state index in [0.717, 1.165) is 18.7 Å². The van der Waals surface area contributed by atoms with Gasteiger partial charge in [-0.2, -0.15) is 11.8 Å². The summed E-state index contributed by atoms with van der Waals surface area (Å²) in [5.41, 5.74) is 6.52. The molecule has 3 nitrogen and oxygen atoms in total. The van der Waals surface area contributed by atoms with Crippen LogP contribution in [0.4, 0.5) is 5.69 Å². The van der Waals surface area contributed by atoms with Gasteiger partial charge in [0, 0.05) is 18.3 Å². The predicted octanol–water partition coefficient (Wildman–Crippen LogP) is 2.72. The van der Waals surface area contributed by atoms with Gasteiger partial charge in [-0.15, -0.1) is 0 Å². The maximum atomic E-state index is 5.81. The number of nitrogens with two attached hydrogens (primary N) is 1. The van der Waals surface area contributed by atoms with E-state index in [2.05, 4.69) is 25.1 Å². The Kier molecular flexibility index (Phi) is 6.98. The number of hydrogen-bond acceptors (Lipinski definition) is 4. The summed E-state index contributed by atoms with van der Waals surface area (Å²) in [4.78, 5) is 2.37. The molecule has 0 fully saturated rings. The fourth-order valence-electron chi connectivity index (χ4n) is 1.70. The van der Waals surface area contributed by atoms with Gasteiger partial charge in [0.25, 0.3) is 0 Å². The Balaban J connectivity index is 2.21. The molecule has 0 bridgehead atoms. The van der Waals surface area contributed by atoms with Crippen LogP contribution >= 0.6 is 11.8 Å². The fraction of sp³-hybridized carbons (Fsp3) is 0.571. The number of benzene rings is 1. The van der Waals surface area contributed by atoms with Crippen LogP contribution in [0.15, 0.2) is 24.3 Å². The molecule has 18 heavy (non-hydrogen) atoms. The van der Waals surface area contributed by atoms with Crippen molar-refractivity contribution in [3.8, 4) is 5.75 Å². The molecule has 0 aromatic heterocycles. The van der Waals surface area contributed by atoms with Gasteiger partial charge in [-0.25, -0.2) is 0 Å². The van der Waals surface area contributed by atoms with Crippen molar-refractivity contribution in [1.29, 1.82) is 0 Å². The van der Waals surface area contributed by atoms with Crippen molar-refractivity contribution in [2.45, 2.75) is 19.4 Å². The highest BCUT2D eigenvalue weighted by atomic mass is 32.2. The number of nitrogen functional groups attached to an aromatic ring is 1. The predicted molar refractivity (Wildman–Crippen MR) is 81.4 cm³/mol. The summed E-state index contributed by atoms with van der Waals surface area (Å²) in [6.45, 7) is 4.02. The highest BCUT2D eigenvalue weighted by molar-refractivity contribution is 7.98. The first-order chi connectivity index (χ1) is 8.65. The molecule has 102 valence electrons. The van der Waals surface area contributed by atoms with E-state index >= 15 is 0 Å². The lowest BCUT2D eigenvalue weighted by molar-refractivity contribution is 0.236. The van der Waals surface area contributed by atoms with E-state index in [1.165, 1.54) is 5.75 Å². The average Bonchev–Trinajstić information content (AvgIpc) is 2.36. The molecule has 1 aromatic carbocycles. The third-order valence-corrected chi connectivity index (χ3v) is 3.81. The van der Waals surface area contributed by atoms with Gasteiger partial charge in [-0.3, -0.25) is 0 Å². The van der Waals surface area contributed by atoms with Crippen LogP contribution in [0.5, 0.6) is 5.75 Å². The maximum absolute atomic E-state index is 5.81. The molecule has 0 aliphatic rings. The smallest absolute Gasteiger partial charge is 0.142 e. The Morgan fingerprint density at radius 3 is 2.78 bits per heavy atom. The van der Waals surface area contributed by atoms with E-state index in [1.807, 2.05) is 36.0 Å². The van der Waals surface area contributed by atoms with Crippen molar-refractivity contribution in [3.05, 3.63) is 24.3 Å². The molecule has 1 unspecified atom stereocenters. The molecule has 1 atom stereocenters. The van der Waals surface area contributed by atoms with Gasteiger partial charge in [-0.1, -0.05) is 12.1 Å². The van der Waals surface area contributed by atoms with Crippen molar-refractivity contribution in [2.75, 3.05) is 37.9 Å². The van der Waals surface area contributed by atoms with Gasteiger partial charge in [0.1, 0.15) is 5.75 Å². The molecule has 0 amide bonds. The Hall–Kier alpha value is -0.870. The zero-order valence-electron chi connectivity index (χ0n) is 11.6. The second-order valence-corrected chi connectivity index (χ2v) is 5.44. The van der Waals surface area contributed by atoms with Crippen LogP contribution < -0.4 is 10.5 Å². The van der Waals surface area contributed by atoms with Crippen molar-refractivity contribution in [2.24, 2.45) is 0 Å². The first-order valence-electron chi connectivity index (χ1n) is 6.31. The Bertz CT molecular complexity index is 346. The number of nitrogens with zero attached hydrogens (tertiary/aromatic N) is 1. The monoisotopic (exact) mass is 268 g/mol. The van der Waals surface area contributed by atoms with Crippen molar-refractivity contribution < 1.29 is 4.74 Å². The summed E-state index contributed by atoms with van der Waals surface area (Å²) in [5, 5.41) is 0. The molecule has 2 N–H and O–H groups in total. The highest BCUT2D eigenvalue weighted by Crippen LogP contribution is 2.19. The van der Waals surface area contributed by atoms with E-state index in [-0.39, 0.29) is 0 Å². The normalized spacial score (nSPS) is 12.7. The Morgan fingerprint density at radius 2 is 2.11 bits per heavy atom. The van der Waals surface area contributed by atoms with Crippen LogP contribution in [-0.2, 0) is 0 Å². The van der Waals surface area contributed by atoms with Crippen molar-refractivity contribution in [3.63, 3.8) is 0 Å². The first-order valence-corrected chi connectivity index (χ1v) is 7.71. The lowest BCUT2D eigenvalue weighted by Gasteiger charge is -2.23. The van der Waals surface area contributed by atoms with Gasteiger partial charge in [0.2, 0.25) is 0 Å². The minimum atomic E-state index is 0.613. The average molecular weight is 268 g/mol. The number of ether oxygens (including phenoxy) is 1. The number of para-hydroxylation sites is 2. The third kappa shape index (κ3) is 5.19. The number of thioether (sulfide) groups is 1. The van der Waals surface area contributed by atoms with E-state index < -0.39 is 0 Å². The van der Waals surface area contributed by atoms with Gasteiger partial charge in [-0.05, 0) is 38.8 Å². The van der Waals surface area contributed by atoms with Crippen LogP contribution in [0, 0.1) is 0 Å². The molecular formula is C14H24N2OS. The van der Waals surface area contributed by atoms with Crippen LogP contribution in [0.3, 0.4) is 0 Å². The molecule has 0 saturated carbocycles. The first kappa shape index (κ1) is 15.2. The van der Waals surface area contributed by atoms with Gasteiger partial charge >= 0.3 is 0 Å². The molecule has 0 spiro atoms. The molecule has 0 radical (unpaired) electrons. The van der Waals surface area contributed by atoms with E-state index in [9.17, 15) is 0 Å². The number of hydrogen-bond donors (Lipinski definition) is 1. The molecule has 0 heterocycles. The lowest BCUT2D eigenvalue weighted by Crippen LogP contribution is -2.32. The molecule has 0 aliphatic heterocycles. The molecule has 0 saturated heterocycles. The summed E-state index contributed by atoms with van der Waals surface area (Å²) >= 11 is 1.89. The summed E-state index contributed by atoms with van der Waals surface area (Å²) in [7, 11) is 2.16. The second-order valence-electron chi connectivity index (χ2n) is 4.52. The Labute approximate surface area is 115 Å². The van der Waals surface area contributed by atoms with E-state index in [0.29, 0.717) is 18.3 Å². The summed E-state index contributed by atoms with van der Waals surface area (Å²) in [6.07, 6.45) is 3.16. The third-order valence-electron chi connectivity index (χ3n) is 2.99. The summed E-state index contributed by atoms with van der Waals surface area (Å²) in [6, 6.07) is 8.25. The van der Waals surface area contributed by atoms with Gasteiger partial charge < -0.3 is 15.4 Å². The largest absolute Gasteiger partial charge is 0.491 e. The minimum absolute atomic E-state index is 0.613. The highest BCUT2D eigenvalue weighted by Gasteiger charge is 2.07. The zero-order chi connectivity index (χ0) is 13.4.